The third kappa shape index (κ3) is 2.50. The van der Waals surface area contributed by atoms with Gasteiger partial charge in [-0.1, -0.05) is 0 Å². The molecule has 0 radical (unpaired) electrons. The highest BCUT2D eigenvalue weighted by Crippen LogP contribution is 2.22. The fourth-order valence-corrected chi connectivity index (χ4v) is 2.60. The fraction of sp³-hybridized carbons (Fsp3) is 1.00. The normalized spacial score (nSPS) is 33.8. The molecule has 0 bridgehead atoms. The van der Waals surface area contributed by atoms with Crippen LogP contribution < -0.4 is 5.73 Å². The molecule has 2 saturated heterocycles. The number of hydrogen-bond donors (Lipinski definition) is 1. The van der Waals surface area contributed by atoms with Crippen molar-refractivity contribution in [2.45, 2.75) is 37.5 Å². The van der Waals surface area contributed by atoms with Crippen molar-refractivity contribution in [2.24, 2.45) is 5.73 Å². The average Bonchev–Trinajstić information content (AvgIpc) is 2.91. The summed E-state index contributed by atoms with van der Waals surface area (Å²) in [4.78, 5) is 2.36. The lowest BCUT2D eigenvalue weighted by Crippen LogP contribution is -2.50. The van der Waals surface area contributed by atoms with E-state index in [0.717, 1.165) is 32.7 Å². The third-order valence-corrected chi connectivity index (χ3v) is 3.64. The van der Waals surface area contributed by atoms with Crippen molar-refractivity contribution in [1.29, 1.82) is 0 Å². The van der Waals surface area contributed by atoms with E-state index in [1.165, 1.54) is 6.42 Å². The summed E-state index contributed by atoms with van der Waals surface area (Å²) in [7, 11) is 2.15. The maximum absolute atomic E-state index is 5.86. The van der Waals surface area contributed by atoms with Gasteiger partial charge in [-0.15, -0.1) is 0 Å². The second kappa shape index (κ2) is 5.25. The smallest absolute Gasteiger partial charge is 0.0743 e. The van der Waals surface area contributed by atoms with Crippen LogP contribution in [0.2, 0.25) is 0 Å². The average molecular weight is 214 g/mol. The Balaban J connectivity index is 1.91. The van der Waals surface area contributed by atoms with Crippen LogP contribution >= 0.6 is 0 Å². The number of rotatable bonds is 4. The van der Waals surface area contributed by atoms with Crippen LogP contribution in [0.25, 0.3) is 0 Å². The summed E-state index contributed by atoms with van der Waals surface area (Å²) in [5.41, 5.74) is 5.86. The highest BCUT2D eigenvalue weighted by molar-refractivity contribution is 4.87. The Morgan fingerprint density at radius 3 is 2.80 bits per heavy atom. The lowest BCUT2D eigenvalue weighted by Gasteiger charge is -2.34. The van der Waals surface area contributed by atoms with Crippen LogP contribution in [-0.4, -0.2) is 56.5 Å². The number of nitrogens with two attached hydrogens (primary N) is 1. The standard InChI is InChI=1S/C11H22N2O2/c1-13(9-4-6-14-8-9)10(7-12)11-3-2-5-15-11/h9-11H,2-8,12H2,1H3. The Labute approximate surface area is 91.7 Å². The molecular weight excluding hydrogens is 192 g/mol. The predicted octanol–water partition coefficient (Wildman–Crippen LogP) is 0.213. The molecule has 2 rings (SSSR count). The molecule has 0 aromatic rings. The fourth-order valence-electron chi connectivity index (χ4n) is 2.60. The molecule has 0 amide bonds. The van der Waals surface area contributed by atoms with Gasteiger partial charge in [0.2, 0.25) is 0 Å². The van der Waals surface area contributed by atoms with Crippen molar-refractivity contribution in [3.05, 3.63) is 0 Å². The van der Waals surface area contributed by atoms with Gasteiger partial charge in [0.15, 0.2) is 0 Å². The molecule has 0 saturated carbocycles. The van der Waals surface area contributed by atoms with E-state index in [2.05, 4.69) is 11.9 Å². The zero-order valence-corrected chi connectivity index (χ0v) is 9.52. The molecule has 3 atom stereocenters. The Hall–Kier alpha value is -0.160. The number of nitrogens with zero attached hydrogens (tertiary/aromatic N) is 1. The zero-order valence-electron chi connectivity index (χ0n) is 9.52. The SMILES string of the molecule is CN(C1CCOC1)C(CN)C1CCCO1. The monoisotopic (exact) mass is 214 g/mol. The first-order chi connectivity index (χ1) is 7.33. The molecule has 88 valence electrons. The van der Waals surface area contributed by atoms with E-state index < -0.39 is 0 Å². The van der Waals surface area contributed by atoms with E-state index in [1.54, 1.807) is 0 Å². The number of hydrogen-bond acceptors (Lipinski definition) is 4. The molecule has 2 N–H and O–H groups in total. The molecule has 4 nitrogen and oxygen atoms in total. The maximum Gasteiger partial charge on any atom is 0.0743 e. The van der Waals surface area contributed by atoms with Crippen LogP contribution in [0.4, 0.5) is 0 Å². The second-order valence-corrected chi connectivity index (χ2v) is 4.54. The van der Waals surface area contributed by atoms with Gasteiger partial charge in [-0.25, -0.2) is 0 Å². The van der Waals surface area contributed by atoms with Gasteiger partial charge in [-0.05, 0) is 26.3 Å². The third-order valence-electron chi connectivity index (χ3n) is 3.64. The highest BCUT2D eigenvalue weighted by Gasteiger charge is 2.32. The van der Waals surface area contributed by atoms with Gasteiger partial charge in [0, 0.05) is 31.8 Å². The van der Waals surface area contributed by atoms with Crippen molar-refractivity contribution in [3.63, 3.8) is 0 Å². The highest BCUT2D eigenvalue weighted by atomic mass is 16.5. The van der Waals surface area contributed by atoms with Gasteiger partial charge in [0.1, 0.15) is 0 Å². The van der Waals surface area contributed by atoms with Crippen LogP contribution in [0.1, 0.15) is 19.3 Å². The van der Waals surface area contributed by atoms with Gasteiger partial charge >= 0.3 is 0 Å². The van der Waals surface area contributed by atoms with Gasteiger partial charge in [-0.3, -0.25) is 4.90 Å². The van der Waals surface area contributed by atoms with Gasteiger partial charge in [0.25, 0.3) is 0 Å². The molecule has 4 heteroatoms. The molecule has 2 aliphatic rings. The summed E-state index contributed by atoms with van der Waals surface area (Å²) in [5.74, 6) is 0. The summed E-state index contributed by atoms with van der Waals surface area (Å²) < 4.78 is 11.1. The largest absolute Gasteiger partial charge is 0.380 e. The first-order valence-corrected chi connectivity index (χ1v) is 5.94. The van der Waals surface area contributed by atoms with E-state index in [1.807, 2.05) is 0 Å². The second-order valence-electron chi connectivity index (χ2n) is 4.54. The van der Waals surface area contributed by atoms with Crippen LogP contribution in [0, 0.1) is 0 Å². The molecule has 2 aliphatic heterocycles. The van der Waals surface area contributed by atoms with Crippen LogP contribution in [-0.2, 0) is 9.47 Å². The lowest BCUT2D eigenvalue weighted by molar-refractivity contribution is 0.0188. The van der Waals surface area contributed by atoms with E-state index in [0.29, 0.717) is 24.7 Å². The van der Waals surface area contributed by atoms with Crippen molar-refractivity contribution >= 4 is 0 Å². The molecule has 15 heavy (non-hydrogen) atoms. The quantitative estimate of drug-likeness (QED) is 0.727. The molecule has 0 aromatic carbocycles. The molecular formula is C11H22N2O2. The van der Waals surface area contributed by atoms with E-state index in [-0.39, 0.29) is 0 Å². The van der Waals surface area contributed by atoms with Crippen molar-refractivity contribution in [1.82, 2.24) is 4.90 Å². The number of likely N-dealkylation sites (N-methyl/N-ethyl adjacent to an activating group) is 1. The van der Waals surface area contributed by atoms with E-state index in [9.17, 15) is 0 Å². The zero-order chi connectivity index (χ0) is 10.7. The predicted molar refractivity (Wildman–Crippen MR) is 58.8 cm³/mol. The summed E-state index contributed by atoms with van der Waals surface area (Å²) in [6.45, 7) is 3.31. The summed E-state index contributed by atoms with van der Waals surface area (Å²) in [6.07, 6.45) is 3.79. The van der Waals surface area contributed by atoms with Crippen LogP contribution in [0.3, 0.4) is 0 Å². The molecule has 2 fully saturated rings. The molecule has 2 heterocycles. The van der Waals surface area contributed by atoms with E-state index >= 15 is 0 Å². The minimum absolute atomic E-state index is 0.334. The topological polar surface area (TPSA) is 47.7 Å². The number of ether oxygens (including phenoxy) is 2. The summed E-state index contributed by atoms with van der Waals surface area (Å²) in [6, 6.07) is 0.891. The molecule has 0 aliphatic carbocycles. The van der Waals surface area contributed by atoms with Crippen molar-refractivity contribution < 1.29 is 9.47 Å². The van der Waals surface area contributed by atoms with Gasteiger partial charge in [0.05, 0.1) is 12.7 Å². The lowest BCUT2D eigenvalue weighted by atomic mass is 10.0. The molecule has 0 spiro atoms. The van der Waals surface area contributed by atoms with Crippen LogP contribution in [0.5, 0.6) is 0 Å². The Bertz CT molecular complexity index is 189. The van der Waals surface area contributed by atoms with Crippen molar-refractivity contribution in [2.75, 3.05) is 33.4 Å². The van der Waals surface area contributed by atoms with Gasteiger partial charge < -0.3 is 15.2 Å². The minimum atomic E-state index is 0.334. The Morgan fingerprint density at radius 1 is 1.40 bits per heavy atom. The molecule has 3 unspecified atom stereocenters. The van der Waals surface area contributed by atoms with Gasteiger partial charge in [-0.2, -0.15) is 0 Å². The van der Waals surface area contributed by atoms with Crippen molar-refractivity contribution in [3.8, 4) is 0 Å². The summed E-state index contributed by atoms with van der Waals surface area (Å²) in [5, 5.41) is 0. The first-order valence-electron chi connectivity index (χ1n) is 5.94. The minimum Gasteiger partial charge on any atom is -0.380 e. The Morgan fingerprint density at radius 2 is 2.27 bits per heavy atom. The van der Waals surface area contributed by atoms with E-state index in [4.69, 9.17) is 15.2 Å². The van der Waals surface area contributed by atoms with Crippen LogP contribution in [0.15, 0.2) is 0 Å². The Kier molecular flexibility index (Phi) is 3.97. The summed E-state index contributed by atoms with van der Waals surface area (Å²) >= 11 is 0. The maximum atomic E-state index is 5.86. The first kappa shape index (κ1) is 11.3. The molecule has 0 aromatic heterocycles.